The van der Waals surface area contributed by atoms with Crippen molar-refractivity contribution in [2.24, 2.45) is 0 Å². The number of hydrogen-bond acceptors (Lipinski definition) is 8. The van der Waals surface area contributed by atoms with E-state index in [-0.39, 0.29) is 35.9 Å². The van der Waals surface area contributed by atoms with Crippen molar-refractivity contribution in [3.63, 3.8) is 0 Å². The van der Waals surface area contributed by atoms with Crippen molar-refractivity contribution >= 4 is 17.9 Å². The van der Waals surface area contributed by atoms with E-state index in [0.717, 1.165) is 0 Å². The number of rotatable bonds is 6. The molecule has 0 saturated carbocycles. The molecule has 1 aromatic rings. The molecule has 0 unspecified atom stereocenters. The van der Waals surface area contributed by atoms with E-state index in [1.807, 2.05) is 4.98 Å². The minimum atomic E-state index is -0.935. The predicted octanol–water partition coefficient (Wildman–Crippen LogP) is -0.229. The van der Waals surface area contributed by atoms with Gasteiger partial charge >= 0.3 is 35.3 Å². The molecule has 6 N–H and O–H groups in total. The zero-order valence-corrected chi connectivity index (χ0v) is 16.7. The van der Waals surface area contributed by atoms with Crippen molar-refractivity contribution < 1.29 is 39.5 Å². The van der Waals surface area contributed by atoms with Gasteiger partial charge in [0.15, 0.2) is 0 Å². The summed E-state index contributed by atoms with van der Waals surface area (Å²) in [6, 6.07) is -0.196. The number of aliphatic carboxylic acids is 3. The van der Waals surface area contributed by atoms with Crippen molar-refractivity contribution in [3.05, 3.63) is 57.4 Å². The lowest BCUT2D eigenvalue weighted by atomic mass is 10.4. The van der Waals surface area contributed by atoms with E-state index in [0.29, 0.717) is 0 Å². The smallest absolute Gasteiger partial charge is 0.353 e. The molecule has 0 aliphatic heterocycles. The van der Waals surface area contributed by atoms with Gasteiger partial charge in [0.05, 0.1) is 6.61 Å². The molecule has 0 spiro atoms. The third-order valence-corrected chi connectivity index (χ3v) is 2.07. The molecule has 1 aromatic heterocycles. The maximum Gasteiger partial charge on any atom is 0.353 e. The van der Waals surface area contributed by atoms with Crippen molar-refractivity contribution in [2.75, 3.05) is 13.2 Å². The summed E-state index contributed by atoms with van der Waals surface area (Å²) in [5, 5.41) is 32.0. The van der Waals surface area contributed by atoms with Gasteiger partial charge < -0.3 is 25.2 Å². The molecule has 0 atom stereocenters. The fourth-order valence-electron chi connectivity index (χ4n) is 0.584. The highest BCUT2D eigenvalue weighted by atomic mass is 16.5. The Hall–Kier alpha value is -4.00. The summed E-state index contributed by atoms with van der Waals surface area (Å²) in [4.78, 5) is 57.2. The summed E-state index contributed by atoms with van der Waals surface area (Å²) in [5.74, 6) is -2.81. The second kappa shape index (κ2) is 17.1. The number of carboxylic acids is 3. The van der Waals surface area contributed by atoms with Crippen LogP contribution in [0.25, 0.3) is 0 Å². The molecule has 168 valence electrons. The number of aliphatic hydroxyl groups excluding tert-OH is 1. The summed E-state index contributed by atoms with van der Waals surface area (Å²) in [7, 11) is 0. The molecular formula is C17H25N3O10. The summed E-state index contributed by atoms with van der Waals surface area (Å²) in [6.07, 6.45) is 0. The van der Waals surface area contributed by atoms with E-state index < -0.39 is 29.3 Å². The van der Waals surface area contributed by atoms with Crippen LogP contribution in [0.1, 0.15) is 20.8 Å². The average molecular weight is 431 g/mol. The number of aromatic amines is 2. The van der Waals surface area contributed by atoms with Crippen molar-refractivity contribution in [1.82, 2.24) is 15.0 Å². The van der Waals surface area contributed by atoms with Crippen LogP contribution in [-0.4, -0.2) is 66.5 Å². The molecule has 1 heterocycles. The first-order valence-corrected chi connectivity index (χ1v) is 7.76. The molecule has 0 bridgehead atoms. The van der Waals surface area contributed by atoms with E-state index in [2.05, 4.69) is 34.4 Å². The van der Waals surface area contributed by atoms with Crippen molar-refractivity contribution in [2.45, 2.75) is 20.8 Å². The number of nitrogens with zero attached hydrogens (tertiary/aromatic N) is 1. The van der Waals surface area contributed by atoms with Crippen molar-refractivity contribution in [1.29, 1.82) is 0 Å². The molecule has 0 fully saturated rings. The number of ether oxygens (including phenoxy) is 1. The number of aliphatic hydroxyl groups is 1. The quantitative estimate of drug-likeness (QED) is 0.323. The third-order valence-electron chi connectivity index (χ3n) is 2.07. The number of aromatic nitrogens is 3. The van der Waals surface area contributed by atoms with Crippen LogP contribution in [0.4, 0.5) is 0 Å². The number of carbonyl (C=O) groups is 3. The van der Waals surface area contributed by atoms with Crippen LogP contribution in [0.2, 0.25) is 0 Å². The number of carboxylic acid groups (broad SMARTS) is 3. The average Bonchev–Trinajstić information content (AvgIpc) is 2.60. The van der Waals surface area contributed by atoms with Gasteiger partial charge in [-0.05, 0) is 20.8 Å². The summed E-state index contributed by atoms with van der Waals surface area (Å²) < 4.78 is 4.68. The topological polar surface area (TPSA) is 220 Å². The van der Waals surface area contributed by atoms with Gasteiger partial charge in [0.25, 0.3) is 0 Å². The minimum absolute atomic E-state index is 0.0214. The number of H-pyrrole nitrogens is 2. The summed E-state index contributed by atoms with van der Waals surface area (Å²) >= 11 is 0. The van der Waals surface area contributed by atoms with E-state index in [1.165, 1.54) is 20.8 Å². The second-order valence-corrected chi connectivity index (χ2v) is 5.13. The molecule has 13 nitrogen and oxygen atoms in total. The van der Waals surface area contributed by atoms with Gasteiger partial charge in [-0.3, -0.25) is 9.97 Å². The van der Waals surface area contributed by atoms with Crippen LogP contribution in [0, 0.1) is 0 Å². The Bertz CT molecular complexity index is 746. The first kappa shape index (κ1) is 30.7. The Morgan fingerprint density at radius 2 is 1.20 bits per heavy atom. The maximum absolute atomic E-state index is 10.6. The zero-order valence-electron chi connectivity index (χ0n) is 16.7. The molecule has 0 aliphatic rings. The van der Waals surface area contributed by atoms with E-state index >= 15 is 0 Å². The minimum Gasteiger partial charge on any atom is -0.478 e. The second-order valence-electron chi connectivity index (χ2n) is 5.13. The Morgan fingerprint density at radius 1 is 0.867 bits per heavy atom. The fourth-order valence-corrected chi connectivity index (χ4v) is 0.584. The van der Waals surface area contributed by atoms with Crippen LogP contribution in [0.3, 0.4) is 0 Å². The fraction of sp³-hybridized carbons (Fsp3) is 0.294. The van der Waals surface area contributed by atoms with E-state index in [4.69, 9.17) is 20.4 Å². The SMILES string of the molecule is C=C(C)C(=O)O.C=C(C)C(=O)O.C=C(C)C(=O)O.O=c1nc(OCCO)[nH]c(=O)[nH]1. The first-order chi connectivity index (χ1) is 13.6. The molecule has 0 amide bonds. The molecule has 0 saturated heterocycles. The Kier molecular flexibility index (Phi) is 17.5. The Balaban J connectivity index is -0.000000349. The van der Waals surface area contributed by atoms with E-state index in [9.17, 15) is 24.0 Å². The number of hydrogen-bond donors (Lipinski definition) is 6. The van der Waals surface area contributed by atoms with Crippen LogP contribution < -0.4 is 16.1 Å². The highest BCUT2D eigenvalue weighted by molar-refractivity contribution is 5.85. The first-order valence-electron chi connectivity index (χ1n) is 7.76. The van der Waals surface area contributed by atoms with Gasteiger partial charge in [0.2, 0.25) is 0 Å². The van der Waals surface area contributed by atoms with Crippen LogP contribution in [0.15, 0.2) is 46.0 Å². The maximum atomic E-state index is 10.6. The molecule has 0 radical (unpaired) electrons. The highest BCUT2D eigenvalue weighted by Crippen LogP contribution is 1.89. The molecule has 13 heteroatoms. The van der Waals surface area contributed by atoms with Crippen molar-refractivity contribution in [3.8, 4) is 6.01 Å². The van der Waals surface area contributed by atoms with Crippen LogP contribution in [-0.2, 0) is 14.4 Å². The predicted molar refractivity (Wildman–Crippen MR) is 105 cm³/mol. The zero-order chi connectivity index (χ0) is 24.4. The van der Waals surface area contributed by atoms with Gasteiger partial charge in [-0.2, -0.15) is 0 Å². The molecule has 0 aromatic carbocycles. The summed E-state index contributed by atoms with van der Waals surface area (Å²) in [6.45, 7) is 13.6. The lowest BCUT2D eigenvalue weighted by molar-refractivity contribution is -0.133. The molecular weight excluding hydrogens is 406 g/mol. The Morgan fingerprint density at radius 3 is 1.43 bits per heavy atom. The highest BCUT2D eigenvalue weighted by Gasteiger charge is 1.97. The lowest BCUT2D eigenvalue weighted by Gasteiger charge is -1.99. The lowest BCUT2D eigenvalue weighted by Crippen LogP contribution is -2.25. The standard InChI is InChI=1S/C5H7N3O4.3C4H6O2/c9-1-2-12-5-7-3(10)6-4(11)8-5;3*1-3(2)4(5)6/h9H,1-2H2,(H2,6,7,8,10,11);3*1H2,2H3,(H,5,6). The van der Waals surface area contributed by atoms with Gasteiger partial charge in [-0.1, -0.05) is 19.7 Å². The van der Waals surface area contributed by atoms with Crippen LogP contribution in [0.5, 0.6) is 6.01 Å². The molecule has 1 rings (SSSR count). The van der Waals surface area contributed by atoms with Gasteiger partial charge in [-0.25, -0.2) is 24.0 Å². The van der Waals surface area contributed by atoms with Gasteiger partial charge in [0.1, 0.15) is 6.61 Å². The Labute approximate surface area is 170 Å². The summed E-state index contributed by atoms with van der Waals surface area (Å²) in [5.41, 5.74) is -0.949. The van der Waals surface area contributed by atoms with Gasteiger partial charge in [-0.15, -0.1) is 4.98 Å². The monoisotopic (exact) mass is 431 g/mol. The molecule has 30 heavy (non-hydrogen) atoms. The third kappa shape index (κ3) is 22.0. The van der Waals surface area contributed by atoms with Gasteiger partial charge in [0, 0.05) is 16.7 Å². The molecule has 0 aliphatic carbocycles. The number of nitrogens with one attached hydrogen (secondary N) is 2. The normalized spacial score (nSPS) is 8.40. The largest absolute Gasteiger partial charge is 0.478 e. The van der Waals surface area contributed by atoms with Crippen LogP contribution >= 0.6 is 0 Å². The van der Waals surface area contributed by atoms with E-state index in [1.54, 1.807) is 0 Å².